The second kappa shape index (κ2) is 7.71. The van der Waals surface area contributed by atoms with Crippen LogP contribution in [0.1, 0.15) is 19.3 Å². The van der Waals surface area contributed by atoms with Crippen molar-refractivity contribution in [1.82, 2.24) is 30.0 Å². The molecule has 9 nitrogen and oxygen atoms in total. The van der Waals surface area contributed by atoms with Gasteiger partial charge in [0.15, 0.2) is 23.3 Å². The van der Waals surface area contributed by atoms with E-state index in [0.717, 1.165) is 49.2 Å². The third-order valence-corrected chi connectivity index (χ3v) is 6.01. The van der Waals surface area contributed by atoms with Gasteiger partial charge < -0.3 is 14.7 Å². The van der Waals surface area contributed by atoms with Crippen LogP contribution in [-0.4, -0.2) is 87.2 Å². The summed E-state index contributed by atoms with van der Waals surface area (Å²) in [4.78, 5) is 43.6. The number of urea groups is 1. The first-order valence-corrected chi connectivity index (χ1v) is 10.2. The smallest absolute Gasteiger partial charge is 0.325 e. The van der Waals surface area contributed by atoms with Crippen LogP contribution < -0.4 is 5.32 Å². The fraction of sp³-hybridized carbons (Fsp3) is 0.588. The molecule has 1 aromatic heterocycles. The number of thioether (sulfide) groups is 1. The van der Waals surface area contributed by atoms with Crippen molar-refractivity contribution in [2.75, 3.05) is 32.4 Å². The van der Waals surface area contributed by atoms with Gasteiger partial charge in [-0.3, -0.25) is 10.1 Å². The summed E-state index contributed by atoms with van der Waals surface area (Å²) in [6.07, 6.45) is 6.14. The number of imide groups is 1. The highest BCUT2D eigenvalue weighted by atomic mass is 32.2. The van der Waals surface area contributed by atoms with Crippen molar-refractivity contribution in [1.29, 1.82) is 0 Å². The van der Waals surface area contributed by atoms with Gasteiger partial charge in [-0.25, -0.2) is 19.8 Å². The first-order chi connectivity index (χ1) is 13.1. The Kier molecular flexibility index (Phi) is 5.15. The molecule has 4 heterocycles. The summed E-state index contributed by atoms with van der Waals surface area (Å²) in [5.74, 6) is 1.43. The zero-order valence-electron chi connectivity index (χ0n) is 15.2. The molecule has 3 amide bonds. The summed E-state index contributed by atoms with van der Waals surface area (Å²) in [6.45, 7) is 2.59. The molecule has 2 saturated heterocycles. The van der Waals surface area contributed by atoms with Gasteiger partial charge in [-0.15, -0.1) is 0 Å². The third kappa shape index (κ3) is 3.58. The average molecular weight is 389 g/mol. The Morgan fingerprint density at radius 3 is 2.70 bits per heavy atom. The Labute approximate surface area is 162 Å². The van der Waals surface area contributed by atoms with Gasteiger partial charge in [0.1, 0.15) is 0 Å². The quantitative estimate of drug-likeness (QED) is 0.448. The summed E-state index contributed by atoms with van der Waals surface area (Å²) in [5.41, 5.74) is 0. The molecular weight excluding hydrogens is 366 g/mol. The van der Waals surface area contributed by atoms with E-state index in [1.54, 1.807) is 37.3 Å². The number of fused-ring (bicyclic) bond motifs is 1. The maximum atomic E-state index is 12.5. The fourth-order valence-corrected chi connectivity index (χ4v) is 4.42. The minimum Gasteiger partial charge on any atom is -0.343 e. The van der Waals surface area contributed by atoms with E-state index in [9.17, 15) is 9.59 Å². The molecule has 0 aromatic carbocycles. The SMILES string of the molecule is CN1C(=O)NC(=O)C2C1N=C(N1CCCC1)N2CCCSc1ncccn1. The number of amides is 3. The number of likely N-dealkylation sites (tertiary alicyclic amines) is 1. The zero-order valence-corrected chi connectivity index (χ0v) is 16.1. The number of hydrogen-bond acceptors (Lipinski definition) is 8. The topological polar surface area (TPSA) is 94.0 Å². The number of aromatic nitrogens is 2. The van der Waals surface area contributed by atoms with Gasteiger partial charge in [0.25, 0.3) is 5.91 Å². The zero-order chi connectivity index (χ0) is 18.8. The van der Waals surface area contributed by atoms with E-state index in [0.29, 0.717) is 6.54 Å². The lowest BCUT2D eigenvalue weighted by atomic mass is 10.1. The minimum atomic E-state index is -0.457. The summed E-state index contributed by atoms with van der Waals surface area (Å²) in [6, 6.07) is 0.956. The van der Waals surface area contributed by atoms with E-state index in [-0.39, 0.29) is 11.9 Å². The lowest BCUT2D eigenvalue weighted by Crippen LogP contribution is -2.64. The Balaban J connectivity index is 1.45. The second-order valence-corrected chi connectivity index (χ2v) is 7.88. The largest absolute Gasteiger partial charge is 0.343 e. The standard InChI is InChI=1S/C17H23N7O2S/c1-22-13-12(14(25)21-17(22)26)24(16(20-13)23-8-2-3-9-23)10-5-11-27-15-18-6-4-7-19-15/h4,6-7,12-13H,2-3,5,8-11H2,1H3,(H,21,25,26). The van der Waals surface area contributed by atoms with Gasteiger partial charge in [-0.2, -0.15) is 0 Å². The molecule has 144 valence electrons. The highest BCUT2D eigenvalue weighted by Gasteiger charge is 2.49. The molecule has 2 unspecified atom stereocenters. The van der Waals surface area contributed by atoms with Crippen molar-refractivity contribution in [3.63, 3.8) is 0 Å². The minimum absolute atomic E-state index is 0.264. The van der Waals surface area contributed by atoms with Gasteiger partial charge in [0, 0.05) is 44.8 Å². The molecule has 1 N–H and O–H groups in total. The van der Waals surface area contributed by atoms with Crippen LogP contribution in [0.4, 0.5) is 4.79 Å². The van der Waals surface area contributed by atoms with Crippen LogP contribution in [-0.2, 0) is 4.79 Å². The van der Waals surface area contributed by atoms with Crippen molar-refractivity contribution in [2.24, 2.45) is 4.99 Å². The molecule has 10 heteroatoms. The van der Waals surface area contributed by atoms with Crippen LogP contribution in [0.3, 0.4) is 0 Å². The summed E-state index contributed by atoms with van der Waals surface area (Å²) in [5, 5.41) is 3.20. The van der Waals surface area contributed by atoms with E-state index >= 15 is 0 Å². The highest BCUT2D eigenvalue weighted by Crippen LogP contribution is 2.27. The third-order valence-electron chi connectivity index (χ3n) is 5.04. The molecule has 1 aromatic rings. The van der Waals surface area contributed by atoms with Gasteiger partial charge in [-0.1, -0.05) is 11.8 Å². The Hall–Kier alpha value is -2.36. The Bertz CT molecular complexity index is 738. The van der Waals surface area contributed by atoms with Crippen LogP contribution in [0.15, 0.2) is 28.6 Å². The van der Waals surface area contributed by atoms with Crippen LogP contribution in [0.2, 0.25) is 0 Å². The van der Waals surface area contributed by atoms with Gasteiger partial charge in [0.2, 0.25) is 0 Å². The van der Waals surface area contributed by atoms with E-state index < -0.39 is 12.2 Å². The fourth-order valence-electron chi connectivity index (χ4n) is 3.69. The molecule has 0 spiro atoms. The molecule has 0 radical (unpaired) electrons. The van der Waals surface area contributed by atoms with E-state index in [4.69, 9.17) is 4.99 Å². The second-order valence-electron chi connectivity index (χ2n) is 6.81. The molecule has 3 aliphatic rings. The summed E-state index contributed by atoms with van der Waals surface area (Å²) < 4.78 is 0. The van der Waals surface area contributed by atoms with E-state index in [1.807, 2.05) is 0 Å². The monoisotopic (exact) mass is 389 g/mol. The number of rotatable bonds is 5. The van der Waals surface area contributed by atoms with Crippen LogP contribution >= 0.6 is 11.8 Å². The number of aliphatic imine (C=N–C) groups is 1. The highest BCUT2D eigenvalue weighted by molar-refractivity contribution is 7.99. The molecule has 4 rings (SSSR count). The van der Waals surface area contributed by atoms with Gasteiger partial charge >= 0.3 is 6.03 Å². The number of guanidine groups is 1. The van der Waals surface area contributed by atoms with Gasteiger partial charge in [0.05, 0.1) is 0 Å². The normalized spacial score (nSPS) is 24.9. The number of carbonyl (C=O) groups excluding carboxylic acids is 2. The number of likely N-dealkylation sites (N-methyl/N-ethyl adjacent to an activating group) is 1. The molecule has 0 aliphatic carbocycles. The number of carbonyl (C=O) groups is 2. The van der Waals surface area contributed by atoms with Crippen molar-refractivity contribution in [3.8, 4) is 0 Å². The van der Waals surface area contributed by atoms with Crippen molar-refractivity contribution in [2.45, 2.75) is 36.6 Å². The van der Waals surface area contributed by atoms with Gasteiger partial charge in [-0.05, 0) is 25.3 Å². The van der Waals surface area contributed by atoms with Crippen molar-refractivity contribution >= 4 is 29.7 Å². The molecule has 0 bridgehead atoms. The number of hydrogen-bond donors (Lipinski definition) is 1. The first kappa shape index (κ1) is 18.0. The number of nitrogens with zero attached hydrogens (tertiary/aromatic N) is 6. The predicted octanol–water partition coefficient (Wildman–Crippen LogP) is 0.603. The van der Waals surface area contributed by atoms with E-state index in [1.165, 1.54) is 4.90 Å². The lowest BCUT2D eigenvalue weighted by molar-refractivity contribution is -0.127. The summed E-state index contributed by atoms with van der Waals surface area (Å²) in [7, 11) is 1.69. The first-order valence-electron chi connectivity index (χ1n) is 9.22. The van der Waals surface area contributed by atoms with E-state index in [2.05, 4.69) is 25.1 Å². The Morgan fingerprint density at radius 2 is 1.96 bits per heavy atom. The number of nitrogens with one attached hydrogen (secondary N) is 1. The maximum Gasteiger partial charge on any atom is 0.325 e. The molecular formula is C17H23N7O2S. The van der Waals surface area contributed by atoms with Crippen LogP contribution in [0, 0.1) is 0 Å². The molecule has 2 fully saturated rings. The molecule has 0 saturated carbocycles. The van der Waals surface area contributed by atoms with Crippen molar-refractivity contribution < 1.29 is 9.59 Å². The lowest BCUT2D eigenvalue weighted by Gasteiger charge is -2.37. The maximum absolute atomic E-state index is 12.5. The molecule has 2 atom stereocenters. The molecule has 3 aliphatic heterocycles. The average Bonchev–Trinajstić information content (AvgIpc) is 3.32. The Morgan fingerprint density at radius 1 is 1.22 bits per heavy atom. The predicted molar refractivity (Wildman–Crippen MR) is 101 cm³/mol. The summed E-state index contributed by atoms with van der Waals surface area (Å²) >= 11 is 1.60. The molecule has 27 heavy (non-hydrogen) atoms. The van der Waals surface area contributed by atoms with Crippen molar-refractivity contribution in [3.05, 3.63) is 18.5 Å². The van der Waals surface area contributed by atoms with Crippen LogP contribution in [0.25, 0.3) is 0 Å². The van der Waals surface area contributed by atoms with Crippen LogP contribution in [0.5, 0.6) is 0 Å².